The average Bonchev–Trinajstić information content (AvgIpc) is 3.24. The molecule has 27 heavy (non-hydrogen) atoms. The highest BCUT2D eigenvalue weighted by Crippen LogP contribution is 2.55. The number of carbonyl (C=O) groups excluding carboxylic acids is 1. The van der Waals surface area contributed by atoms with E-state index in [2.05, 4.69) is 15.7 Å². The van der Waals surface area contributed by atoms with Gasteiger partial charge in [-0.1, -0.05) is 42.1 Å². The van der Waals surface area contributed by atoms with Crippen LogP contribution in [0.25, 0.3) is 0 Å². The second-order valence-corrected chi connectivity index (χ2v) is 7.42. The lowest BCUT2D eigenvalue weighted by molar-refractivity contribution is -0.384. The van der Waals surface area contributed by atoms with E-state index in [9.17, 15) is 14.9 Å². The molecule has 0 fully saturated rings. The lowest BCUT2D eigenvalue weighted by atomic mass is 9.84. The van der Waals surface area contributed by atoms with E-state index in [1.807, 2.05) is 24.3 Å². The van der Waals surface area contributed by atoms with Gasteiger partial charge in [-0.3, -0.25) is 14.9 Å². The Morgan fingerprint density at radius 1 is 1.19 bits per heavy atom. The summed E-state index contributed by atoms with van der Waals surface area (Å²) in [5, 5.41) is 14.3. The maximum Gasteiger partial charge on any atom is 0.269 e. The molecule has 2 unspecified atom stereocenters. The smallest absolute Gasteiger partial charge is 0.269 e. The normalized spacial score (nSPS) is 22.7. The molecule has 8 nitrogen and oxygen atoms in total. The van der Waals surface area contributed by atoms with Crippen molar-refractivity contribution in [2.24, 2.45) is 0 Å². The minimum Gasteiger partial charge on any atom is -0.323 e. The standard InChI is InChI=1S/C18H13N5O3S/c24-16-18(13-3-1-2-4-14(13)20-16)15(27-17-19-9-10-22(17)21-18)11-5-7-12(8-6-11)23(25)26/h1-10,15,21H,(H,20,24). The van der Waals surface area contributed by atoms with Gasteiger partial charge in [0, 0.05) is 35.8 Å². The fourth-order valence-electron chi connectivity index (χ4n) is 3.64. The van der Waals surface area contributed by atoms with Gasteiger partial charge in [-0.05, 0) is 11.6 Å². The Hall–Kier alpha value is -3.33. The number of nitrogens with zero attached hydrogens (tertiary/aromatic N) is 3. The predicted molar refractivity (Wildman–Crippen MR) is 100 cm³/mol. The molecule has 5 rings (SSSR count). The third kappa shape index (κ3) is 2.18. The number of amides is 1. The molecule has 0 aliphatic carbocycles. The first kappa shape index (κ1) is 15.9. The zero-order chi connectivity index (χ0) is 18.6. The highest BCUT2D eigenvalue weighted by atomic mass is 32.2. The van der Waals surface area contributed by atoms with Crippen LogP contribution >= 0.6 is 11.8 Å². The van der Waals surface area contributed by atoms with Crippen molar-refractivity contribution >= 4 is 29.0 Å². The van der Waals surface area contributed by atoms with E-state index in [1.165, 1.54) is 23.9 Å². The molecule has 0 bridgehead atoms. The van der Waals surface area contributed by atoms with E-state index in [4.69, 9.17) is 0 Å². The van der Waals surface area contributed by atoms with Crippen LogP contribution in [0.1, 0.15) is 16.4 Å². The van der Waals surface area contributed by atoms with E-state index in [0.717, 1.165) is 22.0 Å². The van der Waals surface area contributed by atoms with Crippen molar-refractivity contribution in [1.82, 2.24) is 9.66 Å². The molecule has 1 amide bonds. The van der Waals surface area contributed by atoms with Gasteiger partial charge in [0.25, 0.3) is 11.6 Å². The number of fused-ring (bicyclic) bond motifs is 3. The van der Waals surface area contributed by atoms with Crippen LogP contribution < -0.4 is 10.7 Å². The van der Waals surface area contributed by atoms with Crippen LogP contribution in [0.4, 0.5) is 11.4 Å². The number of hydrogen-bond acceptors (Lipinski definition) is 6. The van der Waals surface area contributed by atoms with E-state index >= 15 is 0 Å². The topological polar surface area (TPSA) is 102 Å². The minimum atomic E-state index is -1.05. The van der Waals surface area contributed by atoms with Gasteiger partial charge in [0.15, 0.2) is 10.7 Å². The van der Waals surface area contributed by atoms with Crippen LogP contribution in [-0.2, 0) is 10.3 Å². The minimum absolute atomic E-state index is 0.0133. The van der Waals surface area contributed by atoms with Crippen molar-refractivity contribution in [1.29, 1.82) is 0 Å². The molecule has 2 atom stereocenters. The number of aromatic nitrogens is 2. The Bertz CT molecular complexity index is 1080. The third-order valence-electron chi connectivity index (χ3n) is 4.89. The monoisotopic (exact) mass is 379 g/mol. The maximum atomic E-state index is 13.2. The lowest BCUT2D eigenvalue weighted by Gasteiger charge is -2.41. The lowest BCUT2D eigenvalue weighted by Crippen LogP contribution is -2.52. The fourth-order valence-corrected chi connectivity index (χ4v) is 4.95. The molecular weight excluding hydrogens is 366 g/mol. The first-order valence-electron chi connectivity index (χ1n) is 8.23. The van der Waals surface area contributed by atoms with Gasteiger partial charge in [0.1, 0.15) is 0 Å². The number of benzene rings is 2. The second kappa shape index (κ2) is 5.58. The van der Waals surface area contributed by atoms with Crippen molar-refractivity contribution in [2.45, 2.75) is 15.9 Å². The third-order valence-corrected chi connectivity index (χ3v) is 6.26. The molecule has 3 aromatic rings. The van der Waals surface area contributed by atoms with Gasteiger partial charge in [0.2, 0.25) is 0 Å². The molecule has 2 aliphatic rings. The second-order valence-electron chi connectivity index (χ2n) is 6.35. The highest BCUT2D eigenvalue weighted by molar-refractivity contribution is 7.99. The van der Waals surface area contributed by atoms with Crippen molar-refractivity contribution in [3.63, 3.8) is 0 Å². The predicted octanol–water partition coefficient (Wildman–Crippen LogP) is 3.03. The number of imidazole rings is 1. The van der Waals surface area contributed by atoms with Gasteiger partial charge in [-0.15, -0.1) is 0 Å². The summed E-state index contributed by atoms with van der Waals surface area (Å²) in [6.45, 7) is 0. The number of anilines is 1. The molecule has 1 aromatic heterocycles. The molecule has 2 aromatic carbocycles. The largest absolute Gasteiger partial charge is 0.323 e. The molecule has 0 radical (unpaired) electrons. The molecule has 9 heteroatoms. The van der Waals surface area contributed by atoms with Crippen LogP contribution in [-0.4, -0.2) is 20.5 Å². The molecule has 2 aliphatic heterocycles. The summed E-state index contributed by atoms with van der Waals surface area (Å²) in [5.74, 6) is -0.168. The highest BCUT2D eigenvalue weighted by Gasteiger charge is 2.56. The Morgan fingerprint density at radius 3 is 2.74 bits per heavy atom. The van der Waals surface area contributed by atoms with E-state index < -0.39 is 10.5 Å². The van der Waals surface area contributed by atoms with Gasteiger partial charge in [0.05, 0.1) is 10.2 Å². The van der Waals surface area contributed by atoms with E-state index in [-0.39, 0.29) is 16.8 Å². The number of hydrogen-bond donors (Lipinski definition) is 2. The Labute approximate surface area is 157 Å². The number of thioether (sulfide) groups is 1. The number of carbonyl (C=O) groups is 1. The Balaban J connectivity index is 1.70. The molecule has 134 valence electrons. The van der Waals surface area contributed by atoms with Crippen molar-refractivity contribution in [3.8, 4) is 0 Å². The summed E-state index contributed by atoms with van der Waals surface area (Å²) in [7, 11) is 0. The van der Waals surface area contributed by atoms with Crippen molar-refractivity contribution in [2.75, 3.05) is 10.7 Å². The van der Waals surface area contributed by atoms with E-state index in [1.54, 1.807) is 29.2 Å². The Kier molecular flexibility index (Phi) is 3.28. The first-order chi connectivity index (χ1) is 13.1. The number of para-hydroxylation sites is 1. The maximum absolute atomic E-state index is 13.2. The van der Waals surface area contributed by atoms with E-state index in [0.29, 0.717) is 0 Å². The van der Waals surface area contributed by atoms with Gasteiger partial charge in [-0.2, -0.15) is 0 Å². The summed E-state index contributed by atoms with van der Waals surface area (Å²) < 4.78 is 1.74. The quantitative estimate of drug-likeness (QED) is 0.524. The summed E-state index contributed by atoms with van der Waals surface area (Å²) in [5.41, 5.74) is 4.69. The van der Waals surface area contributed by atoms with Crippen molar-refractivity contribution < 1.29 is 9.72 Å². The zero-order valence-electron chi connectivity index (χ0n) is 13.8. The molecule has 0 saturated heterocycles. The van der Waals surface area contributed by atoms with Crippen LogP contribution in [0, 0.1) is 10.1 Å². The molecule has 0 saturated carbocycles. The van der Waals surface area contributed by atoms with Gasteiger partial charge in [-0.25, -0.2) is 9.66 Å². The Morgan fingerprint density at radius 2 is 1.96 bits per heavy atom. The summed E-state index contributed by atoms with van der Waals surface area (Å²) in [6.07, 6.45) is 3.43. The van der Waals surface area contributed by atoms with Gasteiger partial charge < -0.3 is 10.7 Å². The number of nitro groups is 1. The SMILES string of the molecule is O=C1Nc2ccccc2C12Nn1ccnc1SC2c1ccc([N+](=O)[O-])cc1. The van der Waals surface area contributed by atoms with Crippen LogP contribution in [0.5, 0.6) is 0 Å². The number of nitro benzene ring substituents is 1. The first-order valence-corrected chi connectivity index (χ1v) is 9.11. The van der Waals surface area contributed by atoms with Crippen LogP contribution in [0.3, 0.4) is 0 Å². The van der Waals surface area contributed by atoms with Gasteiger partial charge >= 0.3 is 0 Å². The number of non-ortho nitro benzene ring substituents is 1. The summed E-state index contributed by atoms with van der Waals surface area (Å²) >= 11 is 1.45. The molecule has 2 N–H and O–H groups in total. The summed E-state index contributed by atoms with van der Waals surface area (Å²) in [4.78, 5) is 28.1. The zero-order valence-corrected chi connectivity index (χ0v) is 14.6. The number of nitrogens with one attached hydrogen (secondary N) is 2. The fraction of sp³-hybridized carbons (Fsp3) is 0.111. The molecule has 3 heterocycles. The molecular formula is C18H13N5O3S. The average molecular weight is 379 g/mol. The summed E-state index contributed by atoms with van der Waals surface area (Å²) in [6, 6.07) is 13.9. The molecule has 1 spiro atoms. The van der Waals surface area contributed by atoms with Crippen molar-refractivity contribution in [3.05, 3.63) is 82.2 Å². The van der Waals surface area contributed by atoms with Crippen LogP contribution in [0.2, 0.25) is 0 Å². The number of rotatable bonds is 2. The van der Waals surface area contributed by atoms with Crippen LogP contribution in [0.15, 0.2) is 66.1 Å².